The number of hydrogen-bond acceptors (Lipinski definition) is 6. The first-order valence-electron chi connectivity index (χ1n) is 8.70. The fourth-order valence-corrected chi connectivity index (χ4v) is 3.09. The molecular formula is C18H23ClN4O3. The van der Waals surface area contributed by atoms with E-state index in [1.165, 1.54) is 0 Å². The second-order valence-corrected chi connectivity index (χ2v) is 7.81. The zero-order valence-corrected chi connectivity index (χ0v) is 16.0. The van der Waals surface area contributed by atoms with E-state index in [4.69, 9.17) is 21.1 Å². The standard InChI is InChI=1S/C18H23ClN4O3/c1-18(2,3)26-17(24)23-8-4-5-12(10-23)11-25-16-15-13(9-14(19)22-16)20-6-7-21-15/h6-7,9,12H,4-5,8,10-11H2,1-3H3/t12-/m0/s1. The van der Waals surface area contributed by atoms with Crippen LogP contribution in [0.1, 0.15) is 33.6 Å². The molecule has 0 aliphatic carbocycles. The SMILES string of the molecule is CC(C)(C)OC(=O)N1CCC[C@H](COc2nc(Cl)cc3nccnc23)C1. The Morgan fingerprint density at radius 1 is 1.35 bits per heavy atom. The van der Waals surface area contributed by atoms with E-state index < -0.39 is 5.60 Å². The zero-order valence-electron chi connectivity index (χ0n) is 15.2. The van der Waals surface area contributed by atoms with Gasteiger partial charge >= 0.3 is 6.09 Å². The Hall–Kier alpha value is -2.15. The van der Waals surface area contributed by atoms with Crippen molar-refractivity contribution >= 4 is 28.7 Å². The molecule has 1 atom stereocenters. The van der Waals surface area contributed by atoms with E-state index >= 15 is 0 Å². The Balaban J connectivity index is 1.64. The van der Waals surface area contributed by atoms with Crippen molar-refractivity contribution in [3.8, 4) is 5.88 Å². The number of carbonyl (C=O) groups is 1. The molecule has 0 saturated carbocycles. The number of likely N-dealkylation sites (tertiary alicyclic amines) is 1. The Morgan fingerprint density at radius 2 is 2.12 bits per heavy atom. The Kier molecular flexibility index (Phi) is 5.46. The lowest BCUT2D eigenvalue weighted by Gasteiger charge is -2.33. The van der Waals surface area contributed by atoms with Crippen molar-refractivity contribution in [3.63, 3.8) is 0 Å². The van der Waals surface area contributed by atoms with Crippen molar-refractivity contribution in [3.05, 3.63) is 23.6 Å². The third kappa shape index (κ3) is 4.72. The molecule has 3 heterocycles. The van der Waals surface area contributed by atoms with E-state index in [1.54, 1.807) is 23.4 Å². The minimum absolute atomic E-state index is 0.198. The first kappa shape index (κ1) is 18.6. The van der Waals surface area contributed by atoms with Crippen molar-refractivity contribution in [1.82, 2.24) is 19.9 Å². The molecule has 1 fully saturated rings. The summed E-state index contributed by atoms with van der Waals surface area (Å²) in [6.07, 6.45) is 4.80. The molecule has 0 aromatic carbocycles. The highest BCUT2D eigenvalue weighted by atomic mass is 35.5. The van der Waals surface area contributed by atoms with Crippen molar-refractivity contribution in [2.24, 2.45) is 5.92 Å². The van der Waals surface area contributed by atoms with Crippen LogP contribution < -0.4 is 4.74 Å². The molecule has 26 heavy (non-hydrogen) atoms. The van der Waals surface area contributed by atoms with Gasteiger partial charge in [-0.3, -0.25) is 4.98 Å². The van der Waals surface area contributed by atoms with Crippen molar-refractivity contribution < 1.29 is 14.3 Å². The van der Waals surface area contributed by atoms with E-state index in [1.807, 2.05) is 20.8 Å². The normalized spacial score (nSPS) is 18.0. The average molecular weight is 379 g/mol. The van der Waals surface area contributed by atoms with E-state index in [2.05, 4.69) is 15.0 Å². The van der Waals surface area contributed by atoms with Gasteiger partial charge in [-0.05, 0) is 33.6 Å². The summed E-state index contributed by atoms with van der Waals surface area (Å²) in [4.78, 5) is 26.7. The van der Waals surface area contributed by atoms with Gasteiger partial charge in [0.2, 0.25) is 5.88 Å². The molecule has 0 spiro atoms. The number of nitrogens with zero attached hydrogens (tertiary/aromatic N) is 4. The summed E-state index contributed by atoms with van der Waals surface area (Å²) in [5.74, 6) is 0.568. The minimum atomic E-state index is -0.497. The predicted octanol–water partition coefficient (Wildman–Crippen LogP) is 3.70. The van der Waals surface area contributed by atoms with Crippen molar-refractivity contribution in [1.29, 1.82) is 0 Å². The van der Waals surface area contributed by atoms with Gasteiger partial charge in [-0.15, -0.1) is 0 Å². The maximum absolute atomic E-state index is 12.3. The van der Waals surface area contributed by atoms with Crippen LogP contribution in [-0.2, 0) is 4.74 Å². The Labute approximate surface area is 157 Å². The Bertz CT molecular complexity index is 794. The van der Waals surface area contributed by atoms with Crippen LogP contribution in [0.3, 0.4) is 0 Å². The van der Waals surface area contributed by atoms with Crippen LogP contribution in [0.2, 0.25) is 5.15 Å². The monoisotopic (exact) mass is 378 g/mol. The van der Waals surface area contributed by atoms with E-state index in [0.717, 1.165) is 12.8 Å². The number of carbonyl (C=O) groups excluding carboxylic acids is 1. The van der Waals surface area contributed by atoms with Crippen LogP contribution in [-0.4, -0.2) is 51.2 Å². The zero-order chi connectivity index (χ0) is 18.7. The van der Waals surface area contributed by atoms with Gasteiger partial charge < -0.3 is 14.4 Å². The number of halogens is 1. The van der Waals surface area contributed by atoms with Crippen LogP contribution in [0.5, 0.6) is 5.88 Å². The molecular weight excluding hydrogens is 356 g/mol. The molecule has 0 unspecified atom stereocenters. The summed E-state index contributed by atoms with van der Waals surface area (Å²) in [5.41, 5.74) is 0.723. The summed E-state index contributed by atoms with van der Waals surface area (Å²) in [5, 5.41) is 0.312. The molecule has 0 bridgehead atoms. The van der Waals surface area contributed by atoms with Gasteiger partial charge in [0, 0.05) is 37.5 Å². The molecule has 8 heteroatoms. The maximum atomic E-state index is 12.3. The molecule has 1 amide bonds. The molecule has 2 aromatic heterocycles. The van der Waals surface area contributed by atoms with Crippen LogP contribution in [0, 0.1) is 5.92 Å². The van der Waals surface area contributed by atoms with Crippen LogP contribution >= 0.6 is 11.6 Å². The summed E-state index contributed by atoms with van der Waals surface area (Å²) >= 11 is 6.04. The van der Waals surface area contributed by atoms with Gasteiger partial charge in [0.1, 0.15) is 10.8 Å². The number of amides is 1. The smallest absolute Gasteiger partial charge is 0.410 e. The van der Waals surface area contributed by atoms with E-state index in [-0.39, 0.29) is 12.0 Å². The first-order valence-corrected chi connectivity index (χ1v) is 9.07. The predicted molar refractivity (Wildman–Crippen MR) is 98.4 cm³/mol. The van der Waals surface area contributed by atoms with Crippen molar-refractivity contribution in [2.45, 2.75) is 39.2 Å². The number of pyridine rings is 1. The summed E-state index contributed by atoms with van der Waals surface area (Å²) in [7, 11) is 0. The van der Waals surface area contributed by atoms with Crippen LogP contribution in [0.15, 0.2) is 18.5 Å². The lowest BCUT2D eigenvalue weighted by molar-refractivity contribution is 0.0138. The summed E-state index contributed by atoms with van der Waals surface area (Å²) in [6, 6.07) is 1.65. The van der Waals surface area contributed by atoms with E-state index in [9.17, 15) is 4.79 Å². The molecule has 2 aromatic rings. The highest BCUT2D eigenvalue weighted by Crippen LogP contribution is 2.25. The maximum Gasteiger partial charge on any atom is 0.410 e. The first-order chi connectivity index (χ1) is 12.3. The largest absolute Gasteiger partial charge is 0.476 e. The highest BCUT2D eigenvalue weighted by molar-refractivity contribution is 6.30. The lowest BCUT2D eigenvalue weighted by atomic mass is 9.99. The van der Waals surface area contributed by atoms with Gasteiger partial charge in [0.05, 0.1) is 12.1 Å². The molecule has 1 aliphatic heterocycles. The molecule has 0 radical (unpaired) electrons. The van der Waals surface area contributed by atoms with Gasteiger partial charge in [0.25, 0.3) is 0 Å². The minimum Gasteiger partial charge on any atom is -0.476 e. The van der Waals surface area contributed by atoms with Gasteiger partial charge in [0.15, 0.2) is 5.52 Å². The quantitative estimate of drug-likeness (QED) is 0.758. The van der Waals surface area contributed by atoms with Gasteiger partial charge in [-0.2, -0.15) is 4.98 Å². The van der Waals surface area contributed by atoms with Crippen LogP contribution in [0.4, 0.5) is 4.79 Å². The molecule has 3 rings (SSSR count). The molecule has 140 valence electrons. The number of ether oxygens (including phenoxy) is 2. The second kappa shape index (κ2) is 7.61. The number of piperidine rings is 1. The fraction of sp³-hybridized carbons (Fsp3) is 0.556. The second-order valence-electron chi connectivity index (χ2n) is 7.42. The third-order valence-corrected chi connectivity index (χ3v) is 4.21. The third-order valence-electron chi connectivity index (χ3n) is 4.02. The number of fused-ring (bicyclic) bond motifs is 1. The average Bonchev–Trinajstić information content (AvgIpc) is 2.58. The number of hydrogen-bond donors (Lipinski definition) is 0. The lowest BCUT2D eigenvalue weighted by Crippen LogP contribution is -2.44. The van der Waals surface area contributed by atoms with Gasteiger partial charge in [-0.25, -0.2) is 9.78 Å². The fourth-order valence-electron chi connectivity index (χ4n) is 2.91. The van der Waals surface area contributed by atoms with Gasteiger partial charge in [-0.1, -0.05) is 11.6 Å². The topological polar surface area (TPSA) is 77.4 Å². The highest BCUT2D eigenvalue weighted by Gasteiger charge is 2.28. The number of aromatic nitrogens is 3. The summed E-state index contributed by atoms with van der Waals surface area (Å²) < 4.78 is 11.4. The molecule has 7 nitrogen and oxygen atoms in total. The molecule has 1 saturated heterocycles. The van der Waals surface area contributed by atoms with Crippen LogP contribution in [0.25, 0.3) is 11.0 Å². The Morgan fingerprint density at radius 3 is 2.88 bits per heavy atom. The molecule has 1 aliphatic rings. The molecule has 0 N–H and O–H groups in total. The van der Waals surface area contributed by atoms with Crippen molar-refractivity contribution in [2.75, 3.05) is 19.7 Å². The number of rotatable bonds is 3. The summed E-state index contributed by atoms with van der Waals surface area (Å²) in [6.45, 7) is 7.33. The van der Waals surface area contributed by atoms with E-state index in [0.29, 0.717) is 41.8 Å².